The second-order valence-electron chi connectivity index (χ2n) is 4.60. The number of carboxylic acids is 1. The summed E-state index contributed by atoms with van der Waals surface area (Å²) >= 11 is 0. The van der Waals surface area contributed by atoms with Crippen molar-refractivity contribution in [3.05, 3.63) is 0 Å². The van der Waals surface area contributed by atoms with Crippen molar-refractivity contribution in [2.24, 2.45) is 17.6 Å². The monoisotopic (exact) mass is 230 g/mol. The van der Waals surface area contributed by atoms with Crippen molar-refractivity contribution in [3.8, 4) is 0 Å². The highest BCUT2D eigenvalue weighted by Crippen LogP contribution is 2.17. The molecule has 94 valence electrons. The minimum absolute atomic E-state index is 0.0716. The lowest BCUT2D eigenvalue weighted by atomic mass is 9.88. The number of nitrogens with two attached hydrogens (primary N) is 1. The van der Waals surface area contributed by atoms with Gasteiger partial charge in [-0.15, -0.1) is 0 Å². The van der Waals surface area contributed by atoms with E-state index in [-0.39, 0.29) is 24.3 Å². The van der Waals surface area contributed by atoms with Crippen molar-refractivity contribution < 1.29 is 14.7 Å². The molecule has 0 aliphatic heterocycles. The molecule has 3 atom stereocenters. The Hall–Kier alpha value is -1.10. The molecule has 0 radical (unpaired) electrons. The number of carbonyl (C=O) groups excluding carboxylic acids is 1. The van der Waals surface area contributed by atoms with Gasteiger partial charge in [-0.25, -0.2) is 0 Å². The Balaban J connectivity index is 4.55. The van der Waals surface area contributed by atoms with E-state index in [0.29, 0.717) is 5.92 Å². The topological polar surface area (TPSA) is 92.4 Å². The summed E-state index contributed by atoms with van der Waals surface area (Å²) in [6, 6.07) is -0.980. The molecule has 5 nitrogen and oxygen atoms in total. The van der Waals surface area contributed by atoms with Gasteiger partial charge in [0, 0.05) is 6.04 Å². The van der Waals surface area contributed by atoms with Crippen molar-refractivity contribution in [2.45, 2.75) is 46.2 Å². The van der Waals surface area contributed by atoms with Gasteiger partial charge in [0.25, 0.3) is 0 Å². The third-order valence-electron chi connectivity index (χ3n) is 2.82. The highest BCUT2D eigenvalue weighted by atomic mass is 16.4. The molecule has 0 aromatic carbocycles. The summed E-state index contributed by atoms with van der Waals surface area (Å²) < 4.78 is 0. The van der Waals surface area contributed by atoms with Crippen LogP contribution in [0.2, 0.25) is 0 Å². The molecule has 0 aromatic rings. The lowest BCUT2D eigenvalue weighted by Crippen LogP contribution is -2.48. The largest absolute Gasteiger partial charge is 0.481 e. The number of nitrogens with one attached hydrogen (secondary N) is 1. The van der Waals surface area contributed by atoms with Gasteiger partial charge in [0.1, 0.15) is 0 Å². The SMILES string of the molecule is CC(N)C(=O)NC(CC(=O)O)C(C)C(C)C. The summed E-state index contributed by atoms with van der Waals surface area (Å²) in [4.78, 5) is 22.1. The van der Waals surface area contributed by atoms with Crippen LogP contribution in [0.3, 0.4) is 0 Å². The molecule has 0 aliphatic carbocycles. The fourth-order valence-electron chi connectivity index (χ4n) is 1.34. The number of carboxylic acid groups (broad SMARTS) is 1. The van der Waals surface area contributed by atoms with Crippen LogP contribution in [0.25, 0.3) is 0 Å². The lowest BCUT2D eigenvalue weighted by molar-refractivity contribution is -0.138. The molecule has 0 saturated heterocycles. The average Bonchev–Trinajstić information content (AvgIpc) is 2.14. The zero-order valence-corrected chi connectivity index (χ0v) is 10.4. The molecule has 0 aromatic heterocycles. The molecule has 3 unspecified atom stereocenters. The predicted molar refractivity (Wildman–Crippen MR) is 61.8 cm³/mol. The van der Waals surface area contributed by atoms with Gasteiger partial charge in [0.2, 0.25) is 5.91 Å². The predicted octanol–water partition coefficient (Wildman–Crippen LogP) is 0.585. The van der Waals surface area contributed by atoms with Gasteiger partial charge in [-0.2, -0.15) is 0 Å². The highest BCUT2D eigenvalue weighted by molar-refractivity contribution is 5.82. The van der Waals surface area contributed by atoms with Crippen LogP contribution in [-0.4, -0.2) is 29.1 Å². The second kappa shape index (κ2) is 6.48. The van der Waals surface area contributed by atoms with Crippen molar-refractivity contribution in [1.29, 1.82) is 0 Å². The first-order valence-corrected chi connectivity index (χ1v) is 5.53. The zero-order chi connectivity index (χ0) is 12.9. The van der Waals surface area contributed by atoms with Crippen LogP contribution in [0.15, 0.2) is 0 Å². The van der Waals surface area contributed by atoms with E-state index in [4.69, 9.17) is 10.8 Å². The van der Waals surface area contributed by atoms with Crippen molar-refractivity contribution in [2.75, 3.05) is 0 Å². The number of hydrogen-bond donors (Lipinski definition) is 3. The summed E-state index contributed by atoms with van der Waals surface area (Å²) in [6.07, 6.45) is -0.0716. The Morgan fingerprint density at radius 3 is 2.06 bits per heavy atom. The van der Waals surface area contributed by atoms with E-state index in [1.807, 2.05) is 20.8 Å². The van der Waals surface area contributed by atoms with Crippen LogP contribution in [0.4, 0.5) is 0 Å². The van der Waals surface area contributed by atoms with Crippen LogP contribution in [0, 0.1) is 11.8 Å². The molecule has 0 spiro atoms. The Morgan fingerprint density at radius 1 is 1.25 bits per heavy atom. The van der Waals surface area contributed by atoms with Gasteiger partial charge in [-0.3, -0.25) is 9.59 Å². The van der Waals surface area contributed by atoms with Crippen LogP contribution in [0.1, 0.15) is 34.1 Å². The molecule has 0 bridgehead atoms. The van der Waals surface area contributed by atoms with Gasteiger partial charge in [-0.05, 0) is 18.8 Å². The van der Waals surface area contributed by atoms with E-state index in [9.17, 15) is 9.59 Å². The maximum atomic E-state index is 11.4. The maximum Gasteiger partial charge on any atom is 0.305 e. The van der Waals surface area contributed by atoms with Crippen LogP contribution in [-0.2, 0) is 9.59 Å². The third-order valence-corrected chi connectivity index (χ3v) is 2.82. The Morgan fingerprint density at radius 2 is 1.75 bits per heavy atom. The molecule has 0 heterocycles. The highest BCUT2D eigenvalue weighted by Gasteiger charge is 2.25. The number of amides is 1. The van der Waals surface area contributed by atoms with Crippen molar-refractivity contribution in [3.63, 3.8) is 0 Å². The van der Waals surface area contributed by atoms with Gasteiger partial charge < -0.3 is 16.2 Å². The van der Waals surface area contributed by atoms with E-state index < -0.39 is 12.0 Å². The first-order valence-electron chi connectivity index (χ1n) is 5.53. The Kier molecular flexibility index (Phi) is 6.03. The zero-order valence-electron chi connectivity index (χ0n) is 10.4. The normalized spacial score (nSPS) is 16.6. The van der Waals surface area contributed by atoms with Gasteiger partial charge >= 0.3 is 5.97 Å². The molecule has 0 aliphatic rings. The second-order valence-corrected chi connectivity index (χ2v) is 4.60. The van der Waals surface area contributed by atoms with Gasteiger partial charge in [0.05, 0.1) is 12.5 Å². The quantitative estimate of drug-likeness (QED) is 0.622. The molecule has 1 amide bonds. The first kappa shape index (κ1) is 14.9. The molecule has 0 saturated carbocycles. The minimum Gasteiger partial charge on any atom is -0.481 e. The third kappa shape index (κ3) is 5.11. The molecule has 16 heavy (non-hydrogen) atoms. The maximum absolute atomic E-state index is 11.4. The molecular formula is C11H22N2O3. The number of hydrogen-bond acceptors (Lipinski definition) is 3. The number of rotatable bonds is 6. The molecular weight excluding hydrogens is 208 g/mol. The summed E-state index contributed by atoms with van der Waals surface area (Å²) in [6.45, 7) is 7.50. The molecule has 0 rings (SSSR count). The fourth-order valence-corrected chi connectivity index (χ4v) is 1.34. The lowest BCUT2D eigenvalue weighted by Gasteiger charge is -2.27. The van der Waals surface area contributed by atoms with Crippen molar-refractivity contribution >= 4 is 11.9 Å². The summed E-state index contributed by atoms with van der Waals surface area (Å²) in [5, 5.41) is 11.5. The summed E-state index contributed by atoms with van der Waals surface area (Å²) in [7, 11) is 0. The van der Waals surface area contributed by atoms with E-state index in [2.05, 4.69) is 5.32 Å². The fraction of sp³-hybridized carbons (Fsp3) is 0.818. The van der Waals surface area contributed by atoms with E-state index >= 15 is 0 Å². The average molecular weight is 230 g/mol. The van der Waals surface area contributed by atoms with E-state index in [0.717, 1.165) is 0 Å². The van der Waals surface area contributed by atoms with Crippen LogP contribution in [0.5, 0.6) is 0 Å². The Bertz CT molecular complexity index is 252. The van der Waals surface area contributed by atoms with Crippen LogP contribution < -0.4 is 11.1 Å². The molecule has 5 heteroatoms. The molecule has 4 N–H and O–H groups in total. The van der Waals surface area contributed by atoms with E-state index in [1.165, 1.54) is 0 Å². The van der Waals surface area contributed by atoms with E-state index in [1.54, 1.807) is 6.92 Å². The number of carbonyl (C=O) groups is 2. The smallest absolute Gasteiger partial charge is 0.305 e. The van der Waals surface area contributed by atoms with Crippen LogP contribution >= 0.6 is 0 Å². The number of aliphatic carboxylic acids is 1. The minimum atomic E-state index is -0.914. The Labute approximate surface area is 96.4 Å². The molecule has 0 fully saturated rings. The van der Waals surface area contributed by atoms with Gasteiger partial charge in [0.15, 0.2) is 0 Å². The van der Waals surface area contributed by atoms with Gasteiger partial charge in [-0.1, -0.05) is 20.8 Å². The summed E-state index contributed by atoms with van der Waals surface area (Å²) in [5.41, 5.74) is 5.43. The standard InChI is InChI=1S/C11H22N2O3/c1-6(2)7(3)9(5-10(14)15)13-11(16)8(4)12/h6-9H,5,12H2,1-4H3,(H,13,16)(H,14,15). The summed E-state index contributed by atoms with van der Waals surface area (Å²) in [5.74, 6) is -0.822. The van der Waals surface area contributed by atoms with Crippen molar-refractivity contribution in [1.82, 2.24) is 5.32 Å². The first-order chi connectivity index (χ1) is 7.25.